The summed E-state index contributed by atoms with van der Waals surface area (Å²) in [4.78, 5) is 233. The van der Waals surface area contributed by atoms with Crippen LogP contribution in [0.25, 0.3) is 0 Å². The Labute approximate surface area is 629 Å². The minimum atomic E-state index is -2.03. The molecule has 0 spiro atoms. The van der Waals surface area contributed by atoms with Crippen molar-refractivity contribution in [1.29, 1.82) is 0 Å². The van der Waals surface area contributed by atoms with E-state index < -0.39 is 280 Å². The van der Waals surface area contributed by atoms with Crippen molar-refractivity contribution in [2.24, 2.45) is 35.0 Å². The Kier molecular flexibility index (Phi) is 40.0. The number of nitrogens with one attached hydrogen (secondary N) is 15. The maximum Gasteiger partial charge on any atom is 0.322 e. The van der Waals surface area contributed by atoms with Crippen LogP contribution in [0.1, 0.15) is 92.8 Å². The second kappa shape index (κ2) is 46.3. The number of carboxylic acid groups (broad SMARTS) is 1. The molecular weight excluding hydrogens is 1460 g/mol. The van der Waals surface area contributed by atoms with E-state index in [1.54, 1.807) is 0 Å². The number of aliphatic hydroxyl groups excluding tert-OH is 7. The Morgan fingerprint density at radius 3 is 1.07 bits per heavy atom. The normalized spacial score (nSPS) is 15.9. The molecule has 2 rings (SSSR count). The van der Waals surface area contributed by atoms with Crippen LogP contribution in [0.3, 0.4) is 0 Å². The first-order valence-corrected chi connectivity index (χ1v) is 34.4. The molecule has 16 amide bonds. The molecule has 0 saturated heterocycles. The highest BCUT2D eigenvalue weighted by atomic mass is 16.4. The van der Waals surface area contributed by atoms with Gasteiger partial charge in [-0.05, 0) is 62.6 Å². The lowest BCUT2D eigenvalue weighted by atomic mass is 9.98. The number of nitrogens with two attached hydrogens (primary N) is 3. The molecule has 0 bridgehead atoms. The van der Waals surface area contributed by atoms with E-state index in [9.17, 15) is 122 Å². The molecule has 0 unspecified atom stereocenters. The van der Waals surface area contributed by atoms with E-state index in [1.807, 2.05) is 16.0 Å². The van der Waals surface area contributed by atoms with Gasteiger partial charge in [-0.3, -0.25) is 81.5 Å². The molecular formula is C65H103N19O26. The third-order valence-electron chi connectivity index (χ3n) is 16.3. The van der Waals surface area contributed by atoms with Crippen molar-refractivity contribution >= 4 is 100 Å². The lowest BCUT2D eigenvalue weighted by Crippen LogP contribution is -2.64. The number of hydrogen-bond donors (Lipinski definition) is 27. The van der Waals surface area contributed by atoms with Crippen LogP contribution in [-0.4, -0.2) is 292 Å². The maximum atomic E-state index is 14.4. The van der Waals surface area contributed by atoms with E-state index in [0.717, 1.165) is 20.8 Å². The number of hydrogen-bond acceptors (Lipinski definition) is 27. The van der Waals surface area contributed by atoms with Crippen LogP contribution in [0.2, 0.25) is 0 Å². The molecule has 30 N–H and O–H groups in total. The van der Waals surface area contributed by atoms with E-state index in [2.05, 4.69) is 68.5 Å². The van der Waals surface area contributed by atoms with Crippen LogP contribution >= 0.6 is 0 Å². The predicted octanol–water partition coefficient (Wildman–Crippen LogP) is -13.0. The van der Waals surface area contributed by atoms with Crippen molar-refractivity contribution in [3.63, 3.8) is 0 Å². The Balaban J connectivity index is 2.41. The smallest absolute Gasteiger partial charge is 0.322 e. The molecule has 45 heteroatoms. The molecule has 17 atom stereocenters. The topological polar surface area (TPSA) is 747 Å². The first-order valence-electron chi connectivity index (χ1n) is 34.4. The monoisotopic (exact) mass is 1570 g/mol. The minimum Gasteiger partial charge on any atom is -0.508 e. The number of aromatic amines is 1. The fourth-order valence-electron chi connectivity index (χ4n) is 10.0. The van der Waals surface area contributed by atoms with Crippen molar-refractivity contribution in [2.45, 2.75) is 197 Å². The SMILES string of the molecule is CC(C)[C@H](NC(=O)[C@@H](NC(=O)[C@@H](NC(=O)[C@H](CO)NC(=O)[C@H](Cc1ccc(O)cc1)NC(=O)[C@H](CCC(N)=O)NC(=O)[C@@H](NC(=O)[C@@H](NC(=O)[C@H](CO)NC(=O)[C@H](CO)NC(=O)[C@@H](NC(=O)[C@@H](N)CC(N)=O)[C@@H](C)O)[C@@H](C)O)C(C)C)[C@@H](C)O)C(C)C)C(=O)N[C@@H](Cc1cnc[nH]1)C(=O)N[C@@H](CO)C(=O)NCC(=O)O. The third-order valence-corrected chi connectivity index (χ3v) is 16.3. The number of phenols is 1. The Morgan fingerprint density at radius 2 is 0.709 bits per heavy atom. The van der Waals surface area contributed by atoms with Gasteiger partial charge in [0.05, 0.1) is 63.5 Å². The summed E-state index contributed by atoms with van der Waals surface area (Å²) in [6.07, 6.45) is -5.41. The number of aliphatic carboxylic acids is 1. The highest BCUT2D eigenvalue weighted by Gasteiger charge is 2.41. The summed E-state index contributed by atoms with van der Waals surface area (Å²) < 4.78 is 0. The van der Waals surface area contributed by atoms with Crippen LogP contribution in [0.15, 0.2) is 36.8 Å². The standard InChI is InChI=1S/C65H103N19O26/c1-26(2)46(80-64(109)50(30(8)90)84-59(104)42(24-88)77-57(102)40(22-86)78-63(108)49(29(7)89)82-52(97)35(66)18-44(68)94)60(105)72-36(14-15-43(67)93)54(99)73-37(16-32-10-12-34(92)13-11-32)55(100)76-41(23-87)58(103)83-51(31(9)91)65(110)81-48(28(5)6)62(107)79-47(27(3)4)61(106)74-38(17-33-19-69-25-71-33)56(101)75-39(21-85)53(98)70-20-45(95)96/h10-13,19,25-31,35-42,46-51,85-92H,14-18,20-24,66H2,1-9H3,(H2,67,93)(H2,68,94)(H,69,71)(H,70,98)(H,72,105)(H,73,99)(H,74,106)(H,75,101)(H,76,100)(H,77,102)(H,78,108)(H,79,107)(H,80,109)(H,81,110)(H,82,97)(H,83,103)(H,84,104)(H,95,96)/t29-,30-,31-,35+,36+,37+,38+,39+,40+,41+,42+,46+,47+,48+,49+,50+,51+/m1/s1. The molecule has 0 radical (unpaired) electrons. The van der Waals surface area contributed by atoms with Crippen molar-refractivity contribution < 1.29 is 127 Å². The van der Waals surface area contributed by atoms with Crippen LogP contribution in [-0.2, 0) is 94.3 Å². The van der Waals surface area contributed by atoms with Crippen molar-refractivity contribution in [1.82, 2.24) is 84.4 Å². The summed E-state index contributed by atoms with van der Waals surface area (Å²) in [5.74, 6) is -22.9. The largest absolute Gasteiger partial charge is 0.508 e. The number of carbonyl (C=O) groups is 17. The molecule has 1 heterocycles. The molecule has 0 aliphatic rings. The van der Waals surface area contributed by atoms with Gasteiger partial charge in [-0.25, -0.2) is 4.98 Å². The molecule has 110 heavy (non-hydrogen) atoms. The number of aliphatic hydroxyl groups is 7. The van der Waals surface area contributed by atoms with Crippen LogP contribution in [0.4, 0.5) is 0 Å². The van der Waals surface area contributed by atoms with Gasteiger partial charge >= 0.3 is 5.97 Å². The van der Waals surface area contributed by atoms with Gasteiger partial charge in [0.25, 0.3) is 0 Å². The zero-order valence-electron chi connectivity index (χ0n) is 61.7. The number of phenolic OH excluding ortho intramolecular Hbond substituents is 1. The number of carboxylic acids is 1. The van der Waals surface area contributed by atoms with Gasteiger partial charge in [0, 0.05) is 31.2 Å². The second-order valence-electron chi connectivity index (χ2n) is 26.6. The molecule has 0 fully saturated rings. The number of rotatable bonds is 48. The molecule has 614 valence electrons. The summed E-state index contributed by atoms with van der Waals surface area (Å²) in [5.41, 5.74) is 16.6. The fourth-order valence-corrected chi connectivity index (χ4v) is 10.0. The number of primary amides is 2. The first-order chi connectivity index (χ1) is 51.4. The summed E-state index contributed by atoms with van der Waals surface area (Å²) >= 11 is 0. The molecule has 0 saturated carbocycles. The van der Waals surface area contributed by atoms with Gasteiger partial charge in [-0.15, -0.1) is 0 Å². The number of benzene rings is 1. The number of H-pyrrole nitrogens is 1. The third kappa shape index (κ3) is 31.6. The molecule has 45 nitrogen and oxygen atoms in total. The van der Waals surface area contributed by atoms with Crippen molar-refractivity contribution in [3.05, 3.63) is 48.0 Å². The summed E-state index contributed by atoms with van der Waals surface area (Å²) in [7, 11) is 0. The number of nitrogens with zero attached hydrogens (tertiary/aromatic N) is 1. The van der Waals surface area contributed by atoms with Gasteiger partial charge in [0.15, 0.2) is 0 Å². The quantitative estimate of drug-likeness (QED) is 0.0293. The molecule has 0 aliphatic carbocycles. The van der Waals surface area contributed by atoms with Crippen LogP contribution in [0, 0.1) is 17.8 Å². The lowest BCUT2D eigenvalue weighted by Gasteiger charge is -2.30. The Hall–Kier alpha value is -11.1. The highest BCUT2D eigenvalue weighted by Crippen LogP contribution is 2.15. The van der Waals surface area contributed by atoms with E-state index in [4.69, 9.17) is 22.3 Å². The van der Waals surface area contributed by atoms with Gasteiger partial charge in [0.1, 0.15) is 90.8 Å². The van der Waals surface area contributed by atoms with Crippen LogP contribution < -0.4 is 91.6 Å². The molecule has 0 aliphatic heterocycles. The van der Waals surface area contributed by atoms with Gasteiger partial charge in [-0.1, -0.05) is 53.7 Å². The average Bonchev–Trinajstić information content (AvgIpc) is 0.845. The van der Waals surface area contributed by atoms with Gasteiger partial charge in [-0.2, -0.15) is 0 Å². The number of amides is 16. The van der Waals surface area contributed by atoms with Crippen molar-refractivity contribution in [2.75, 3.05) is 33.0 Å². The molecule has 2 aromatic rings. The zero-order chi connectivity index (χ0) is 83.7. The average molecular weight is 1570 g/mol. The fraction of sp³-hybridized carbons (Fsp3) is 0.600. The predicted molar refractivity (Wildman–Crippen MR) is 378 cm³/mol. The number of carbonyl (C=O) groups excluding carboxylic acids is 16. The minimum absolute atomic E-state index is 0.223. The second-order valence-corrected chi connectivity index (χ2v) is 26.6. The van der Waals surface area contributed by atoms with Crippen LogP contribution in [0.5, 0.6) is 5.75 Å². The van der Waals surface area contributed by atoms with E-state index in [0.29, 0.717) is 5.69 Å². The van der Waals surface area contributed by atoms with E-state index in [1.165, 1.54) is 78.3 Å². The summed E-state index contributed by atoms with van der Waals surface area (Å²) in [5, 5.41) is 123. The highest BCUT2D eigenvalue weighted by molar-refractivity contribution is 6.01. The number of aromatic nitrogens is 2. The summed E-state index contributed by atoms with van der Waals surface area (Å²) in [6.45, 7) is 6.36. The van der Waals surface area contributed by atoms with Gasteiger partial charge in [0.2, 0.25) is 94.5 Å². The maximum absolute atomic E-state index is 14.4. The van der Waals surface area contributed by atoms with E-state index in [-0.39, 0.29) is 17.7 Å². The Morgan fingerprint density at radius 1 is 0.400 bits per heavy atom. The van der Waals surface area contributed by atoms with E-state index >= 15 is 0 Å². The molecule has 1 aromatic carbocycles. The first kappa shape index (κ1) is 95.0. The number of aromatic hydroxyl groups is 1. The molecule has 1 aromatic heterocycles. The number of imidazole rings is 1. The van der Waals surface area contributed by atoms with Gasteiger partial charge < -0.3 is 143 Å². The lowest BCUT2D eigenvalue weighted by molar-refractivity contribution is -0.139. The summed E-state index contributed by atoms with van der Waals surface area (Å²) in [6, 6.07) is -20.0. The Bertz CT molecular complexity index is 3510. The van der Waals surface area contributed by atoms with Crippen molar-refractivity contribution in [3.8, 4) is 5.75 Å². The zero-order valence-corrected chi connectivity index (χ0v) is 61.7.